The van der Waals surface area contributed by atoms with Crippen LogP contribution in [0.1, 0.15) is 48.1 Å². The van der Waals surface area contributed by atoms with E-state index in [2.05, 4.69) is 20.1 Å². The Bertz CT molecular complexity index is 677. The first kappa shape index (κ1) is 15.7. The highest BCUT2D eigenvalue weighted by Crippen LogP contribution is 2.15. The number of aromatic nitrogens is 3. The second kappa shape index (κ2) is 6.91. The van der Waals surface area contributed by atoms with Gasteiger partial charge in [-0.1, -0.05) is 36.2 Å². The number of hydrogen-bond acceptors (Lipinski definition) is 4. The Labute approximate surface area is 136 Å². The summed E-state index contributed by atoms with van der Waals surface area (Å²) in [5, 5.41) is 11.3. The minimum absolute atomic E-state index is 0.195. The van der Waals surface area contributed by atoms with Gasteiger partial charge in [0.1, 0.15) is 11.9 Å². The van der Waals surface area contributed by atoms with E-state index in [1.54, 1.807) is 0 Å². The van der Waals surface area contributed by atoms with Crippen LogP contribution in [0, 0.1) is 6.92 Å². The van der Waals surface area contributed by atoms with Gasteiger partial charge >= 0.3 is 0 Å². The molecule has 122 valence electrons. The van der Waals surface area contributed by atoms with E-state index >= 15 is 0 Å². The zero-order chi connectivity index (χ0) is 16.2. The van der Waals surface area contributed by atoms with E-state index in [-0.39, 0.29) is 5.91 Å². The van der Waals surface area contributed by atoms with Gasteiger partial charge < -0.3 is 15.6 Å². The van der Waals surface area contributed by atoms with Crippen molar-refractivity contribution in [2.75, 3.05) is 0 Å². The Morgan fingerprint density at radius 3 is 2.83 bits per heavy atom. The van der Waals surface area contributed by atoms with E-state index < -0.39 is 6.04 Å². The number of fused-ring (bicyclic) bond motifs is 1. The Hall–Kier alpha value is -2.21. The molecule has 1 aliphatic heterocycles. The lowest BCUT2D eigenvalue weighted by Gasteiger charge is -2.13. The summed E-state index contributed by atoms with van der Waals surface area (Å²) in [6, 6.07) is 7.04. The van der Waals surface area contributed by atoms with E-state index in [0.717, 1.165) is 48.6 Å². The molecule has 0 saturated carbocycles. The number of amides is 1. The summed E-state index contributed by atoms with van der Waals surface area (Å²) in [4.78, 5) is 12.3. The van der Waals surface area contributed by atoms with Crippen LogP contribution in [0.25, 0.3) is 0 Å². The molecule has 0 spiro atoms. The lowest BCUT2D eigenvalue weighted by molar-refractivity contribution is -0.122. The first-order valence-corrected chi connectivity index (χ1v) is 8.16. The molecular weight excluding hydrogens is 290 g/mol. The summed E-state index contributed by atoms with van der Waals surface area (Å²) in [5.41, 5.74) is 7.99. The Balaban J connectivity index is 1.63. The Morgan fingerprint density at radius 2 is 2.04 bits per heavy atom. The van der Waals surface area contributed by atoms with Crippen LogP contribution in [0.4, 0.5) is 0 Å². The third-order valence-corrected chi connectivity index (χ3v) is 4.33. The molecule has 0 bridgehead atoms. The van der Waals surface area contributed by atoms with E-state index in [1.807, 2.05) is 31.2 Å². The number of rotatable bonds is 4. The summed E-state index contributed by atoms with van der Waals surface area (Å²) in [5.74, 6) is 1.64. The molecule has 3 rings (SSSR count). The standard InChI is InChI=1S/C17H23N5O/c1-12-6-8-13(9-7-12)16(18)17(23)19-11-15-21-20-14-5-3-2-4-10-22(14)15/h6-9,16H,2-5,10-11,18H2,1H3,(H,19,23). The molecule has 2 aromatic rings. The fraction of sp³-hybridized carbons (Fsp3) is 0.471. The van der Waals surface area contributed by atoms with Gasteiger partial charge in [0.15, 0.2) is 5.82 Å². The highest BCUT2D eigenvalue weighted by molar-refractivity contribution is 5.82. The molecule has 3 N–H and O–H groups in total. The lowest BCUT2D eigenvalue weighted by Crippen LogP contribution is -2.34. The molecule has 1 aliphatic rings. The number of nitrogens with one attached hydrogen (secondary N) is 1. The molecule has 1 amide bonds. The van der Waals surface area contributed by atoms with Crippen LogP contribution in [0.5, 0.6) is 0 Å². The molecule has 1 unspecified atom stereocenters. The molecule has 1 aromatic heterocycles. The van der Waals surface area contributed by atoms with E-state index in [9.17, 15) is 4.79 Å². The van der Waals surface area contributed by atoms with Gasteiger partial charge in [-0.05, 0) is 25.3 Å². The second-order valence-electron chi connectivity index (χ2n) is 6.10. The number of carbonyl (C=O) groups excluding carboxylic acids is 1. The summed E-state index contributed by atoms with van der Waals surface area (Å²) >= 11 is 0. The zero-order valence-electron chi connectivity index (χ0n) is 13.5. The van der Waals surface area contributed by atoms with Gasteiger partial charge in [0.2, 0.25) is 5.91 Å². The maximum Gasteiger partial charge on any atom is 0.241 e. The van der Waals surface area contributed by atoms with E-state index in [0.29, 0.717) is 6.54 Å². The van der Waals surface area contributed by atoms with Gasteiger partial charge in [-0.15, -0.1) is 10.2 Å². The van der Waals surface area contributed by atoms with Crippen LogP contribution in [0.15, 0.2) is 24.3 Å². The normalized spacial score (nSPS) is 15.6. The molecule has 0 radical (unpaired) electrons. The number of aryl methyl sites for hydroxylation is 2. The maximum absolute atomic E-state index is 12.3. The van der Waals surface area contributed by atoms with Crippen LogP contribution in [-0.2, 0) is 24.3 Å². The number of benzene rings is 1. The van der Waals surface area contributed by atoms with E-state index in [1.165, 1.54) is 6.42 Å². The molecule has 1 atom stereocenters. The fourth-order valence-electron chi connectivity index (χ4n) is 2.88. The van der Waals surface area contributed by atoms with Crippen LogP contribution >= 0.6 is 0 Å². The largest absolute Gasteiger partial charge is 0.347 e. The van der Waals surface area contributed by atoms with Gasteiger partial charge in [0.05, 0.1) is 6.54 Å². The van der Waals surface area contributed by atoms with Gasteiger partial charge in [-0.3, -0.25) is 4.79 Å². The number of nitrogens with zero attached hydrogens (tertiary/aromatic N) is 3. The van der Waals surface area contributed by atoms with Gasteiger partial charge in [0.25, 0.3) is 0 Å². The van der Waals surface area contributed by atoms with Crippen LogP contribution < -0.4 is 11.1 Å². The fourth-order valence-corrected chi connectivity index (χ4v) is 2.88. The van der Waals surface area contributed by atoms with Crippen molar-refractivity contribution in [2.45, 2.75) is 51.7 Å². The highest BCUT2D eigenvalue weighted by atomic mass is 16.2. The smallest absolute Gasteiger partial charge is 0.241 e. The number of nitrogens with two attached hydrogens (primary N) is 1. The average Bonchev–Trinajstić information content (AvgIpc) is 2.79. The third kappa shape index (κ3) is 3.59. The van der Waals surface area contributed by atoms with Crippen molar-refractivity contribution < 1.29 is 4.79 Å². The van der Waals surface area contributed by atoms with Crippen LogP contribution in [0.3, 0.4) is 0 Å². The molecule has 0 saturated heterocycles. The molecule has 23 heavy (non-hydrogen) atoms. The summed E-state index contributed by atoms with van der Waals surface area (Å²) < 4.78 is 2.13. The minimum Gasteiger partial charge on any atom is -0.347 e. The van der Waals surface area contributed by atoms with Crippen molar-refractivity contribution in [3.05, 3.63) is 47.0 Å². The molecule has 6 heteroatoms. The number of hydrogen-bond donors (Lipinski definition) is 2. The third-order valence-electron chi connectivity index (χ3n) is 4.33. The van der Waals surface area contributed by atoms with Gasteiger partial charge in [0, 0.05) is 13.0 Å². The molecular formula is C17H23N5O. The van der Waals surface area contributed by atoms with E-state index in [4.69, 9.17) is 5.73 Å². The Morgan fingerprint density at radius 1 is 1.26 bits per heavy atom. The molecule has 1 aromatic carbocycles. The highest BCUT2D eigenvalue weighted by Gasteiger charge is 2.18. The van der Waals surface area contributed by atoms with Gasteiger partial charge in [-0.2, -0.15) is 0 Å². The summed E-state index contributed by atoms with van der Waals surface area (Å²) in [6.45, 7) is 3.30. The monoisotopic (exact) mass is 313 g/mol. The average molecular weight is 313 g/mol. The quantitative estimate of drug-likeness (QED) is 0.898. The second-order valence-corrected chi connectivity index (χ2v) is 6.10. The lowest BCUT2D eigenvalue weighted by atomic mass is 10.1. The SMILES string of the molecule is Cc1ccc(C(N)C(=O)NCc2nnc3n2CCCCC3)cc1. The van der Waals surface area contributed by atoms with Crippen LogP contribution in [-0.4, -0.2) is 20.7 Å². The summed E-state index contributed by atoms with van der Waals surface area (Å²) in [6.07, 6.45) is 4.47. The maximum atomic E-state index is 12.3. The van der Waals surface area contributed by atoms with Crippen molar-refractivity contribution >= 4 is 5.91 Å². The van der Waals surface area contributed by atoms with Crippen molar-refractivity contribution in [1.29, 1.82) is 0 Å². The predicted octanol–water partition coefficient (Wildman–Crippen LogP) is 1.63. The first-order chi connectivity index (χ1) is 11.1. The molecule has 0 aliphatic carbocycles. The zero-order valence-corrected chi connectivity index (χ0v) is 13.5. The molecule has 0 fully saturated rings. The van der Waals surface area contributed by atoms with Crippen molar-refractivity contribution in [1.82, 2.24) is 20.1 Å². The van der Waals surface area contributed by atoms with Crippen molar-refractivity contribution in [3.63, 3.8) is 0 Å². The molecule has 2 heterocycles. The molecule has 6 nitrogen and oxygen atoms in total. The predicted molar refractivity (Wildman–Crippen MR) is 87.5 cm³/mol. The van der Waals surface area contributed by atoms with Crippen LogP contribution in [0.2, 0.25) is 0 Å². The van der Waals surface area contributed by atoms with Gasteiger partial charge in [-0.25, -0.2) is 0 Å². The Kier molecular flexibility index (Phi) is 4.71. The minimum atomic E-state index is -0.665. The first-order valence-electron chi connectivity index (χ1n) is 8.16. The summed E-state index contributed by atoms with van der Waals surface area (Å²) in [7, 11) is 0. The van der Waals surface area contributed by atoms with Crippen molar-refractivity contribution in [3.8, 4) is 0 Å². The topological polar surface area (TPSA) is 85.8 Å². The van der Waals surface area contributed by atoms with Crippen molar-refractivity contribution in [2.24, 2.45) is 5.73 Å². The number of carbonyl (C=O) groups is 1.